The number of fused-ring (bicyclic) bond motifs is 1. The van der Waals surface area contributed by atoms with Crippen LogP contribution in [0.5, 0.6) is 0 Å². The van der Waals surface area contributed by atoms with Crippen LogP contribution in [0, 0.1) is 6.92 Å². The van der Waals surface area contributed by atoms with Crippen molar-refractivity contribution in [3.8, 4) is 0 Å². The molecule has 0 amide bonds. The van der Waals surface area contributed by atoms with E-state index in [0.29, 0.717) is 0 Å². The molecule has 0 bridgehead atoms. The lowest BCUT2D eigenvalue weighted by molar-refractivity contribution is 0.101. The number of Topliss-reactive ketones (excluding diaryl/α,β-unsaturated/α-hetero) is 1. The molecule has 0 aliphatic carbocycles. The summed E-state index contributed by atoms with van der Waals surface area (Å²) in [4.78, 5) is 13.1. The molecule has 6 heteroatoms. The Labute approximate surface area is 185 Å². The Morgan fingerprint density at radius 3 is 2.43 bits per heavy atom. The molecule has 0 fully saturated rings. The smallest absolute Gasteiger partial charge is 0.160 e. The number of nitrogens with zero attached hydrogens (tertiary/aromatic N) is 1. The van der Waals surface area contributed by atoms with Gasteiger partial charge in [-0.15, -0.1) is 0 Å². The molecular formula is C24H34N2O3S. The van der Waals surface area contributed by atoms with E-state index in [4.69, 9.17) is 10.2 Å². The highest BCUT2D eigenvalue weighted by Crippen LogP contribution is 2.39. The Hall–Kier alpha value is -2.28. The summed E-state index contributed by atoms with van der Waals surface area (Å²) in [5.41, 5.74) is 5.81. The molecule has 1 aliphatic rings. The van der Waals surface area contributed by atoms with Gasteiger partial charge in [-0.2, -0.15) is 0 Å². The van der Waals surface area contributed by atoms with Gasteiger partial charge in [0.25, 0.3) is 0 Å². The number of hydrogen-bond acceptors (Lipinski definition) is 6. The van der Waals surface area contributed by atoms with Gasteiger partial charge in [0.2, 0.25) is 0 Å². The van der Waals surface area contributed by atoms with Crippen LogP contribution in [0.4, 0.5) is 5.69 Å². The number of anilines is 1. The summed E-state index contributed by atoms with van der Waals surface area (Å²) in [6, 6.07) is 12.4. The minimum Gasteiger partial charge on any atom is -0.400 e. The predicted molar refractivity (Wildman–Crippen MR) is 128 cm³/mol. The van der Waals surface area contributed by atoms with E-state index >= 15 is 0 Å². The Morgan fingerprint density at radius 1 is 1.20 bits per heavy atom. The number of aliphatic hydroxyl groups excluding tert-OH is 2. The number of carbonyl (C=O) groups excluding carboxylic acids is 1. The molecule has 1 heterocycles. The summed E-state index contributed by atoms with van der Waals surface area (Å²) >= 11 is 1.71. The topological polar surface area (TPSA) is 72.8 Å². The molecule has 2 aromatic rings. The molecule has 0 saturated heterocycles. The molecule has 164 valence electrons. The summed E-state index contributed by atoms with van der Waals surface area (Å²) in [5.74, 6) is 0.0888. The van der Waals surface area contributed by atoms with Gasteiger partial charge in [0.05, 0.1) is 5.69 Å². The highest BCUT2D eigenvalue weighted by atomic mass is 32.2. The lowest BCUT2D eigenvalue weighted by Gasteiger charge is -2.20. The number of nitrogens with one attached hydrogen (secondary N) is 1. The average Bonchev–Trinajstić information content (AvgIpc) is 3.12. The van der Waals surface area contributed by atoms with Crippen molar-refractivity contribution in [1.29, 1.82) is 0 Å². The molecule has 0 aromatic heterocycles. The number of rotatable bonds is 5. The molecule has 3 N–H and O–H groups in total. The van der Waals surface area contributed by atoms with Crippen molar-refractivity contribution in [3.05, 3.63) is 64.9 Å². The van der Waals surface area contributed by atoms with Crippen LogP contribution in [0.25, 0.3) is 6.08 Å². The van der Waals surface area contributed by atoms with Crippen LogP contribution < -0.4 is 9.62 Å². The molecule has 1 aliphatic heterocycles. The molecule has 2 aromatic carbocycles. The molecule has 3 rings (SSSR count). The van der Waals surface area contributed by atoms with Crippen LogP contribution in [0.3, 0.4) is 0 Å². The van der Waals surface area contributed by atoms with Gasteiger partial charge < -0.3 is 19.8 Å². The molecule has 0 spiro atoms. The Balaban J connectivity index is 0.000000673. The average molecular weight is 431 g/mol. The normalized spacial score (nSPS) is 12.1. The van der Waals surface area contributed by atoms with Crippen molar-refractivity contribution in [2.75, 3.05) is 25.0 Å². The third-order valence-corrected chi connectivity index (χ3v) is 5.44. The van der Waals surface area contributed by atoms with E-state index in [1.165, 1.54) is 16.8 Å². The third-order valence-electron chi connectivity index (χ3n) is 4.29. The number of benzene rings is 2. The standard InChI is InChI=1S/C20H22N2OS.C3H8O.CH4O/c1-14-6-4-8-19-16(14)11-13-22(19)24-20-9-5-7-17(15(2)23)18(20)10-12-21-3;1-3(2)4;1-2/h4-10,12,21H,11,13H2,1-3H3;3-4H,1-2H3;2H,1H3/b12-10-;;. The van der Waals surface area contributed by atoms with E-state index in [0.717, 1.165) is 36.1 Å². The summed E-state index contributed by atoms with van der Waals surface area (Å²) in [6.07, 6.45) is 4.75. The number of aliphatic hydroxyl groups is 2. The summed E-state index contributed by atoms with van der Waals surface area (Å²) in [7, 11) is 2.86. The minimum atomic E-state index is -0.167. The number of carbonyl (C=O) groups is 1. The zero-order valence-electron chi connectivity index (χ0n) is 18.8. The first kappa shape index (κ1) is 25.8. The van der Waals surface area contributed by atoms with Crippen LogP contribution in [0.15, 0.2) is 47.5 Å². The summed E-state index contributed by atoms with van der Waals surface area (Å²) < 4.78 is 2.33. The summed E-state index contributed by atoms with van der Waals surface area (Å²) in [6.45, 7) is 8.23. The molecule has 5 nitrogen and oxygen atoms in total. The first-order valence-electron chi connectivity index (χ1n) is 9.99. The number of aryl methyl sites for hydroxylation is 1. The van der Waals surface area contributed by atoms with Gasteiger partial charge >= 0.3 is 0 Å². The third kappa shape index (κ3) is 7.20. The van der Waals surface area contributed by atoms with Crippen molar-refractivity contribution < 1.29 is 15.0 Å². The van der Waals surface area contributed by atoms with Gasteiger partial charge in [0.15, 0.2) is 5.78 Å². The summed E-state index contributed by atoms with van der Waals surface area (Å²) in [5, 5.41) is 18.1. The van der Waals surface area contributed by atoms with Gasteiger partial charge in [-0.1, -0.05) is 24.3 Å². The maximum Gasteiger partial charge on any atom is 0.160 e. The number of hydrogen-bond donors (Lipinski definition) is 3. The first-order valence-corrected chi connectivity index (χ1v) is 10.8. The van der Waals surface area contributed by atoms with Crippen LogP contribution >= 0.6 is 11.9 Å². The predicted octanol–water partition coefficient (Wildman–Crippen LogP) is 4.45. The molecule has 0 saturated carbocycles. The second kappa shape index (κ2) is 13.1. The van der Waals surface area contributed by atoms with Crippen molar-refractivity contribution in [2.45, 2.75) is 45.1 Å². The highest BCUT2D eigenvalue weighted by Gasteiger charge is 2.22. The quantitative estimate of drug-likeness (QED) is 0.481. The second-order valence-corrected chi connectivity index (χ2v) is 8.07. The maximum absolute atomic E-state index is 12.0. The maximum atomic E-state index is 12.0. The molecule has 0 radical (unpaired) electrons. The minimum absolute atomic E-state index is 0.0888. The van der Waals surface area contributed by atoms with Crippen molar-refractivity contribution in [1.82, 2.24) is 5.32 Å². The van der Waals surface area contributed by atoms with Gasteiger partial charge in [-0.3, -0.25) is 4.79 Å². The lowest BCUT2D eigenvalue weighted by Crippen LogP contribution is -2.11. The van der Waals surface area contributed by atoms with E-state index in [-0.39, 0.29) is 11.9 Å². The van der Waals surface area contributed by atoms with Crippen LogP contribution in [0.2, 0.25) is 0 Å². The Kier molecular flexibility index (Phi) is 11.3. The highest BCUT2D eigenvalue weighted by molar-refractivity contribution is 8.00. The zero-order valence-corrected chi connectivity index (χ0v) is 19.6. The fraction of sp³-hybridized carbons (Fsp3) is 0.375. The van der Waals surface area contributed by atoms with Crippen LogP contribution in [-0.2, 0) is 6.42 Å². The molecule has 30 heavy (non-hydrogen) atoms. The van der Waals surface area contributed by atoms with E-state index in [2.05, 4.69) is 40.8 Å². The van der Waals surface area contributed by atoms with Crippen molar-refractivity contribution in [3.63, 3.8) is 0 Å². The van der Waals surface area contributed by atoms with Crippen LogP contribution in [-0.4, -0.2) is 42.8 Å². The Morgan fingerprint density at radius 2 is 1.83 bits per heavy atom. The van der Waals surface area contributed by atoms with Gasteiger partial charge in [0.1, 0.15) is 0 Å². The molecular weight excluding hydrogens is 396 g/mol. The van der Waals surface area contributed by atoms with Gasteiger partial charge in [0, 0.05) is 42.8 Å². The van der Waals surface area contributed by atoms with Gasteiger partial charge in [-0.25, -0.2) is 0 Å². The van der Waals surface area contributed by atoms with E-state index in [1.54, 1.807) is 32.7 Å². The van der Waals surface area contributed by atoms with E-state index in [1.807, 2.05) is 31.5 Å². The van der Waals surface area contributed by atoms with Crippen LogP contribution in [0.1, 0.15) is 47.8 Å². The fourth-order valence-corrected chi connectivity index (χ4v) is 4.17. The van der Waals surface area contributed by atoms with E-state index in [9.17, 15) is 4.79 Å². The largest absolute Gasteiger partial charge is 0.400 e. The van der Waals surface area contributed by atoms with Crippen molar-refractivity contribution in [2.24, 2.45) is 0 Å². The molecule has 0 atom stereocenters. The van der Waals surface area contributed by atoms with E-state index < -0.39 is 0 Å². The fourth-order valence-electron chi connectivity index (χ4n) is 3.06. The Bertz CT molecular complexity index is 848. The monoisotopic (exact) mass is 430 g/mol. The lowest BCUT2D eigenvalue weighted by atomic mass is 10.0. The SMILES string of the molecule is CC(C)O.CN/C=C\c1c(SN2CCc3c(C)cccc32)cccc1C(C)=O.CO. The zero-order chi connectivity index (χ0) is 22.7. The second-order valence-electron chi connectivity index (χ2n) is 7.01. The first-order chi connectivity index (χ1) is 14.3. The molecule has 0 unspecified atom stereocenters. The van der Waals surface area contributed by atoms with Crippen molar-refractivity contribution >= 4 is 29.5 Å². The number of ketones is 1. The van der Waals surface area contributed by atoms with Gasteiger partial charge in [-0.05, 0) is 81.6 Å².